The zero-order valence-electron chi connectivity index (χ0n) is 13.1. The van der Waals surface area contributed by atoms with Crippen LogP contribution < -0.4 is 15.8 Å². The lowest BCUT2D eigenvalue weighted by Crippen LogP contribution is -2.18. The van der Waals surface area contributed by atoms with Gasteiger partial charge in [0.25, 0.3) is 5.91 Å². The Labute approximate surface area is 148 Å². The number of primary amides is 1. The van der Waals surface area contributed by atoms with Crippen LogP contribution in [0.2, 0.25) is 5.02 Å². The van der Waals surface area contributed by atoms with Gasteiger partial charge < -0.3 is 20.2 Å². The zero-order chi connectivity index (χ0) is 17.8. The fraction of sp³-hybridized carbons (Fsp3) is 0.111. The molecule has 0 aliphatic heterocycles. The van der Waals surface area contributed by atoms with Gasteiger partial charge in [0.15, 0.2) is 0 Å². The van der Waals surface area contributed by atoms with Crippen LogP contribution >= 0.6 is 11.6 Å². The molecule has 25 heavy (non-hydrogen) atoms. The Morgan fingerprint density at radius 1 is 1.16 bits per heavy atom. The third kappa shape index (κ3) is 3.92. The molecule has 3 N–H and O–H groups in total. The van der Waals surface area contributed by atoms with Crippen LogP contribution in [0.15, 0.2) is 52.9 Å². The number of carbonyl (C=O) groups excluding carboxylic acids is 2. The molecule has 0 aliphatic carbocycles. The lowest BCUT2D eigenvalue weighted by molar-refractivity contribution is -0.116. The maximum atomic E-state index is 12.2. The van der Waals surface area contributed by atoms with Gasteiger partial charge in [-0.05, 0) is 24.3 Å². The molecule has 2 aromatic carbocycles. The van der Waals surface area contributed by atoms with Crippen molar-refractivity contribution in [3.8, 4) is 5.75 Å². The molecule has 0 radical (unpaired) electrons. The first-order valence-corrected chi connectivity index (χ1v) is 7.92. The van der Waals surface area contributed by atoms with E-state index in [0.717, 1.165) is 0 Å². The summed E-state index contributed by atoms with van der Waals surface area (Å²) in [5, 5.41) is 3.67. The van der Waals surface area contributed by atoms with Crippen molar-refractivity contribution in [3.63, 3.8) is 0 Å². The molecule has 7 heteroatoms. The number of furan rings is 1. The minimum atomic E-state index is -0.775. The van der Waals surface area contributed by atoms with Gasteiger partial charge in [-0.15, -0.1) is 0 Å². The van der Waals surface area contributed by atoms with Crippen molar-refractivity contribution < 1.29 is 18.7 Å². The van der Waals surface area contributed by atoms with Gasteiger partial charge in [0, 0.05) is 16.5 Å². The summed E-state index contributed by atoms with van der Waals surface area (Å²) in [6.45, 7) is 0.198. The molecule has 0 aliphatic rings. The van der Waals surface area contributed by atoms with E-state index < -0.39 is 5.91 Å². The van der Waals surface area contributed by atoms with Crippen LogP contribution in [0.5, 0.6) is 5.75 Å². The minimum Gasteiger partial charge on any atom is -0.493 e. The first-order chi connectivity index (χ1) is 12.0. The second kappa shape index (κ2) is 7.27. The highest BCUT2D eigenvalue weighted by Gasteiger charge is 2.20. The standard InChI is InChI=1S/C18H15ClN2O4/c19-11-6-7-13-14(10-11)25-17(18(20)23)16(13)21-15(22)8-9-24-12-4-2-1-3-5-12/h1-7,10H,8-9H2,(H2,20,23)(H,21,22). The molecule has 0 saturated heterocycles. The average molecular weight is 359 g/mol. The van der Waals surface area contributed by atoms with Gasteiger partial charge in [-0.1, -0.05) is 29.8 Å². The van der Waals surface area contributed by atoms with Crippen LogP contribution in [0.1, 0.15) is 17.0 Å². The van der Waals surface area contributed by atoms with Crippen molar-refractivity contribution in [1.29, 1.82) is 0 Å². The van der Waals surface area contributed by atoms with Crippen molar-refractivity contribution in [2.24, 2.45) is 5.73 Å². The van der Waals surface area contributed by atoms with E-state index in [1.165, 1.54) is 0 Å². The van der Waals surface area contributed by atoms with E-state index in [9.17, 15) is 9.59 Å². The van der Waals surface area contributed by atoms with E-state index in [1.54, 1.807) is 30.3 Å². The molecule has 1 aromatic heterocycles. The molecule has 0 atom stereocenters. The molecule has 2 amide bonds. The summed E-state index contributed by atoms with van der Waals surface area (Å²) in [4.78, 5) is 23.8. The third-order valence-corrected chi connectivity index (χ3v) is 3.72. The summed E-state index contributed by atoms with van der Waals surface area (Å²) in [7, 11) is 0. The molecule has 0 fully saturated rings. The highest BCUT2D eigenvalue weighted by Crippen LogP contribution is 2.32. The molecule has 0 saturated carbocycles. The second-order valence-corrected chi connectivity index (χ2v) is 5.71. The van der Waals surface area contributed by atoms with Crippen LogP contribution in [0.3, 0.4) is 0 Å². The van der Waals surface area contributed by atoms with Crippen LogP contribution in [0.25, 0.3) is 11.0 Å². The number of halogens is 1. The van der Waals surface area contributed by atoms with Gasteiger partial charge in [-0.2, -0.15) is 0 Å². The number of carbonyl (C=O) groups is 2. The number of amides is 2. The molecule has 1 heterocycles. The fourth-order valence-electron chi connectivity index (χ4n) is 2.35. The molecule has 128 valence electrons. The van der Waals surface area contributed by atoms with E-state index >= 15 is 0 Å². The van der Waals surface area contributed by atoms with Crippen LogP contribution in [-0.4, -0.2) is 18.4 Å². The van der Waals surface area contributed by atoms with Gasteiger partial charge in [0.1, 0.15) is 17.0 Å². The van der Waals surface area contributed by atoms with Crippen molar-refractivity contribution >= 4 is 40.1 Å². The van der Waals surface area contributed by atoms with Crippen molar-refractivity contribution in [1.82, 2.24) is 0 Å². The van der Waals surface area contributed by atoms with Crippen LogP contribution in [-0.2, 0) is 4.79 Å². The van der Waals surface area contributed by atoms with Crippen molar-refractivity contribution in [3.05, 3.63) is 59.3 Å². The largest absolute Gasteiger partial charge is 0.493 e. The molecular weight excluding hydrogens is 344 g/mol. The number of hydrogen-bond donors (Lipinski definition) is 2. The van der Waals surface area contributed by atoms with Crippen molar-refractivity contribution in [2.45, 2.75) is 6.42 Å². The van der Waals surface area contributed by atoms with Gasteiger partial charge in [-0.25, -0.2) is 0 Å². The number of benzene rings is 2. The van der Waals surface area contributed by atoms with Gasteiger partial charge in [0.05, 0.1) is 13.0 Å². The Morgan fingerprint density at radius 3 is 2.64 bits per heavy atom. The predicted octanol–water partition coefficient (Wildman–Crippen LogP) is 3.59. The van der Waals surface area contributed by atoms with Crippen LogP contribution in [0, 0.1) is 0 Å². The molecule has 0 bridgehead atoms. The lowest BCUT2D eigenvalue weighted by Gasteiger charge is -2.07. The summed E-state index contributed by atoms with van der Waals surface area (Å²) in [5.74, 6) is -0.537. The second-order valence-electron chi connectivity index (χ2n) is 5.27. The number of hydrogen-bond acceptors (Lipinski definition) is 4. The Morgan fingerprint density at radius 2 is 1.92 bits per heavy atom. The molecule has 6 nitrogen and oxygen atoms in total. The summed E-state index contributed by atoms with van der Waals surface area (Å²) in [6.07, 6.45) is 0.105. The summed E-state index contributed by atoms with van der Waals surface area (Å²) < 4.78 is 10.9. The zero-order valence-corrected chi connectivity index (χ0v) is 13.9. The average Bonchev–Trinajstić information content (AvgIpc) is 2.93. The van der Waals surface area contributed by atoms with Crippen molar-refractivity contribution in [2.75, 3.05) is 11.9 Å². The van der Waals surface area contributed by atoms with E-state index in [2.05, 4.69) is 5.32 Å². The molecule has 3 rings (SSSR count). The summed E-state index contributed by atoms with van der Waals surface area (Å²) in [6, 6.07) is 14.0. The highest BCUT2D eigenvalue weighted by atomic mass is 35.5. The Bertz CT molecular complexity index is 921. The minimum absolute atomic E-state index is 0.105. The number of anilines is 1. The summed E-state index contributed by atoms with van der Waals surface area (Å²) in [5.41, 5.74) is 5.94. The first-order valence-electron chi connectivity index (χ1n) is 7.54. The maximum Gasteiger partial charge on any atom is 0.286 e. The van der Waals surface area contributed by atoms with Gasteiger partial charge in [-0.3, -0.25) is 9.59 Å². The molecule has 0 unspecified atom stereocenters. The van der Waals surface area contributed by atoms with Gasteiger partial charge in [0.2, 0.25) is 11.7 Å². The number of nitrogens with two attached hydrogens (primary N) is 1. The van der Waals surface area contributed by atoms with E-state index in [4.69, 9.17) is 26.5 Å². The summed E-state index contributed by atoms with van der Waals surface area (Å²) >= 11 is 5.91. The van der Waals surface area contributed by atoms with Crippen LogP contribution in [0.4, 0.5) is 5.69 Å². The Kier molecular flexibility index (Phi) is 4.90. The smallest absolute Gasteiger partial charge is 0.286 e. The number of fused-ring (bicyclic) bond motifs is 1. The SMILES string of the molecule is NC(=O)c1oc2cc(Cl)ccc2c1NC(=O)CCOc1ccccc1. The van der Waals surface area contributed by atoms with E-state index in [0.29, 0.717) is 21.7 Å². The maximum absolute atomic E-state index is 12.2. The monoisotopic (exact) mass is 358 g/mol. The number of nitrogens with one attached hydrogen (secondary N) is 1. The molecule has 3 aromatic rings. The topological polar surface area (TPSA) is 94.6 Å². The Hall–Kier alpha value is -2.99. The predicted molar refractivity (Wildman–Crippen MR) is 94.9 cm³/mol. The number of ether oxygens (including phenoxy) is 1. The quantitative estimate of drug-likeness (QED) is 0.704. The molecular formula is C18H15ClN2O4. The van der Waals surface area contributed by atoms with Gasteiger partial charge >= 0.3 is 0 Å². The lowest BCUT2D eigenvalue weighted by atomic mass is 10.2. The fourth-order valence-corrected chi connectivity index (χ4v) is 2.51. The van der Waals surface area contributed by atoms with E-state index in [-0.39, 0.29) is 30.4 Å². The highest BCUT2D eigenvalue weighted by molar-refractivity contribution is 6.31. The third-order valence-electron chi connectivity index (χ3n) is 3.48. The Balaban J connectivity index is 1.72. The number of rotatable bonds is 6. The molecule has 0 spiro atoms. The normalized spacial score (nSPS) is 10.6. The first kappa shape index (κ1) is 16.9. The van der Waals surface area contributed by atoms with E-state index in [1.807, 2.05) is 18.2 Å². The number of para-hydroxylation sites is 1.